The van der Waals surface area contributed by atoms with Gasteiger partial charge in [0.15, 0.2) is 0 Å². The summed E-state index contributed by atoms with van der Waals surface area (Å²) in [5, 5.41) is 7.18. The number of benzene rings is 1. The van der Waals surface area contributed by atoms with Crippen molar-refractivity contribution in [1.29, 1.82) is 0 Å². The van der Waals surface area contributed by atoms with Crippen molar-refractivity contribution in [3.8, 4) is 11.4 Å². The fourth-order valence-electron chi connectivity index (χ4n) is 2.70. The van der Waals surface area contributed by atoms with Gasteiger partial charge in [-0.15, -0.1) is 0 Å². The molecule has 1 amide bonds. The molecule has 9 heteroatoms. The lowest BCUT2D eigenvalue weighted by molar-refractivity contribution is -0.159. The minimum absolute atomic E-state index is 0.0367. The first-order valence-electron chi connectivity index (χ1n) is 8.07. The molecule has 0 aliphatic heterocycles. The second-order valence-electron chi connectivity index (χ2n) is 5.86. The van der Waals surface area contributed by atoms with Crippen LogP contribution in [0.1, 0.15) is 24.8 Å². The predicted molar refractivity (Wildman–Crippen MR) is 88.3 cm³/mol. The van der Waals surface area contributed by atoms with E-state index >= 15 is 0 Å². The number of aromatic nitrogens is 3. The molecule has 2 heterocycles. The monoisotopic (exact) mass is 366 g/mol. The lowest BCUT2D eigenvalue weighted by Crippen LogP contribution is -2.26. The molecule has 0 fully saturated rings. The van der Waals surface area contributed by atoms with E-state index in [-0.39, 0.29) is 11.7 Å². The molecule has 2 aromatic heterocycles. The van der Waals surface area contributed by atoms with Gasteiger partial charge in [0.2, 0.25) is 11.7 Å². The molecule has 0 unspecified atom stereocenters. The van der Waals surface area contributed by atoms with Crippen LogP contribution >= 0.6 is 0 Å². The summed E-state index contributed by atoms with van der Waals surface area (Å²) in [6.45, 7) is 4.72. The number of carbonyl (C=O) groups excluding carboxylic acids is 1. The highest BCUT2D eigenvalue weighted by atomic mass is 19.4. The number of carbonyl (C=O) groups is 1. The summed E-state index contributed by atoms with van der Waals surface area (Å²) in [5.41, 5.74) is 2.27. The van der Waals surface area contributed by atoms with Crippen LogP contribution < -0.4 is 5.32 Å². The number of fused-ring (bicyclic) bond motifs is 1. The first-order valence-corrected chi connectivity index (χ1v) is 8.07. The highest BCUT2D eigenvalue weighted by Gasteiger charge is 2.38. The van der Waals surface area contributed by atoms with Crippen molar-refractivity contribution in [2.75, 3.05) is 6.54 Å². The quantitative estimate of drug-likeness (QED) is 0.750. The third-order valence-electron chi connectivity index (χ3n) is 4.00. The molecule has 1 aromatic carbocycles. The van der Waals surface area contributed by atoms with Gasteiger partial charge in [0.1, 0.15) is 0 Å². The smallest absolute Gasteiger partial charge is 0.354 e. The fraction of sp³-hybridized carbons (Fsp3) is 0.353. The summed E-state index contributed by atoms with van der Waals surface area (Å²) in [4.78, 5) is 14.8. The number of nitrogens with one attached hydrogen (secondary N) is 1. The maximum absolute atomic E-state index is 12.6. The van der Waals surface area contributed by atoms with Crippen molar-refractivity contribution in [1.82, 2.24) is 20.0 Å². The molecule has 3 aromatic rings. The molecule has 0 saturated heterocycles. The van der Waals surface area contributed by atoms with E-state index in [4.69, 9.17) is 0 Å². The third-order valence-corrected chi connectivity index (χ3v) is 4.00. The number of halogens is 3. The minimum Gasteiger partial charge on any atom is -0.354 e. The van der Waals surface area contributed by atoms with Crippen molar-refractivity contribution in [3.63, 3.8) is 0 Å². The Balaban J connectivity index is 1.90. The van der Waals surface area contributed by atoms with E-state index < -0.39 is 12.1 Å². The molecule has 0 radical (unpaired) electrons. The molecule has 0 bridgehead atoms. The molecule has 3 rings (SSSR count). The third kappa shape index (κ3) is 3.56. The first-order chi connectivity index (χ1) is 12.3. The van der Waals surface area contributed by atoms with Crippen LogP contribution in [-0.4, -0.2) is 27.2 Å². The number of hydrogen-bond acceptors (Lipinski definition) is 4. The van der Waals surface area contributed by atoms with E-state index in [0.29, 0.717) is 25.1 Å². The Hall–Kier alpha value is -2.84. The highest BCUT2D eigenvalue weighted by Crippen LogP contribution is 2.31. The largest absolute Gasteiger partial charge is 0.471 e. The summed E-state index contributed by atoms with van der Waals surface area (Å²) >= 11 is 0. The Kier molecular flexibility index (Phi) is 4.71. The number of amides is 1. The molecular weight excluding hydrogens is 349 g/mol. The number of aryl methyl sites for hydroxylation is 1. The van der Waals surface area contributed by atoms with Crippen molar-refractivity contribution in [3.05, 3.63) is 35.9 Å². The van der Waals surface area contributed by atoms with Crippen LogP contribution in [-0.2, 0) is 17.5 Å². The topological polar surface area (TPSA) is 73.0 Å². The second-order valence-corrected chi connectivity index (χ2v) is 5.86. The average molecular weight is 366 g/mol. The van der Waals surface area contributed by atoms with Crippen molar-refractivity contribution < 1.29 is 22.5 Å². The molecule has 0 aliphatic rings. The Morgan fingerprint density at radius 3 is 2.77 bits per heavy atom. The van der Waals surface area contributed by atoms with Crippen LogP contribution in [0.5, 0.6) is 0 Å². The summed E-state index contributed by atoms with van der Waals surface area (Å²) in [5.74, 6) is -1.53. The predicted octanol–water partition coefficient (Wildman–Crippen LogP) is 3.54. The molecular formula is C17H17F3N4O2. The molecule has 138 valence electrons. The summed E-state index contributed by atoms with van der Waals surface area (Å²) in [6, 6.07) is 5.18. The standard InChI is InChI=1S/C17H17F3N4O2/c1-3-14(25)21-6-7-24-9-10(2)12-5-4-11(8-13(12)24)15-22-16(26-23-15)17(18,19)20/h4-5,8-9H,3,6-7H2,1-2H3,(H,21,25). The van der Waals surface area contributed by atoms with Crippen LogP contribution in [0.15, 0.2) is 28.9 Å². The molecule has 26 heavy (non-hydrogen) atoms. The highest BCUT2D eigenvalue weighted by molar-refractivity contribution is 5.87. The van der Waals surface area contributed by atoms with Gasteiger partial charge < -0.3 is 14.4 Å². The van der Waals surface area contributed by atoms with Crippen LogP contribution in [0.2, 0.25) is 0 Å². The van der Waals surface area contributed by atoms with Crippen LogP contribution in [0, 0.1) is 6.92 Å². The van der Waals surface area contributed by atoms with Gasteiger partial charge in [-0.3, -0.25) is 4.79 Å². The fourth-order valence-corrected chi connectivity index (χ4v) is 2.70. The Morgan fingerprint density at radius 1 is 1.35 bits per heavy atom. The van der Waals surface area contributed by atoms with Gasteiger partial charge in [-0.05, 0) is 18.6 Å². The van der Waals surface area contributed by atoms with Crippen molar-refractivity contribution >= 4 is 16.8 Å². The maximum atomic E-state index is 12.6. The lowest BCUT2D eigenvalue weighted by atomic mass is 10.1. The number of nitrogens with zero attached hydrogens (tertiary/aromatic N) is 3. The number of rotatable bonds is 5. The van der Waals surface area contributed by atoms with Crippen molar-refractivity contribution in [2.24, 2.45) is 0 Å². The van der Waals surface area contributed by atoms with Crippen LogP contribution in [0.4, 0.5) is 13.2 Å². The molecule has 6 nitrogen and oxygen atoms in total. The van der Waals surface area contributed by atoms with Gasteiger partial charge in [0.05, 0.1) is 0 Å². The summed E-state index contributed by atoms with van der Waals surface area (Å²) in [6.07, 6.45) is -2.33. The molecule has 0 aliphatic carbocycles. The van der Waals surface area contributed by atoms with Gasteiger partial charge in [0, 0.05) is 42.2 Å². The summed E-state index contributed by atoms with van der Waals surface area (Å²) < 4.78 is 44.1. The van der Waals surface area contributed by atoms with Gasteiger partial charge in [-0.1, -0.05) is 24.2 Å². The van der Waals surface area contributed by atoms with Gasteiger partial charge in [-0.2, -0.15) is 18.2 Å². The zero-order valence-corrected chi connectivity index (χ0v) is 14.2. The van der Waals surface area contributed by atoms with Crippen molar-refractivity contribution in [2.45, 2.75) is 33.0 Å². The first kappa shape index (κ1) is 18.0. The zero-order valence-electron chi connectivity index (χ0n) is 14.2. The van der Waals surface area contributed by atoms with E-state index in [0.717, 1.165) is 16.5 Å². The SMILES string of the molecule is CCC(=O)NCCn1cc(C)c2ccc(-c3noc(C(F)(F)F)n3)cc21. The van der Waals surface area contributed by atoms with Gasteiger partial charge >= 0.3 is 12.1 Å². The molecule has 1 N–H and O–H groups in total. The van der Waals surface area contributed by atoms with Crippen LogP contribution in [0.25, 0.3) is 22.3 Å². The van der Waals surface area contributed by atoms with E-state index in [2.05, 4.69) is 20.0 Å². The Morgan fingerprint density at radius 2 is 2.12 bits per heavy atom. The minimum atomic E-state index is -4.68. The average Bonchev–Trinajstić information content (AvgIpc) is 3.20. The normalized spacial score (nSPS) is 11.9. The lowest BCUT2D eigenvalue weighted by Gasteiger charge is -2.07. The van der Waals surface area contributed by atoms with E-state index in [1.165, 1.54) is 0 Å². The second kappa shape index (κ2) is 6.81. The molecule has 0 atom stereocenters. The maximum Gasteiger partial charge on any atom is 0.471 e. The zero-order chi connectivity index (χ0) is 18.9. The number of hydrogen-bond donors (Lipinski definition) is 1. The van der Waals surface area contributed by atoms with Crippen LogP contribution in [0.3, 0.4) is 0 Å². The number of alkyl halides is 3. The Labute approximate surface area is 147 Å². The van der Waals surface area contributed by atoms with E-state index in [1.807, 2.05) is 23.8 Å². The summed E-state index contributed by atoms with van der Waals surface area (Å²) in [7, 11) is 0. The molecule has 0 saturated carbocycles. The Bertz CT molecular complexity index is 943. The van der Waals surface area contributed by atoms with E-state index in [1.54, 1.807) is 19.1 Å². The van der Waals surface area contributed by atoms with Gasteiger partial charge in [-0.25, -0.2) is 0 Å². The van der Waals surface area contributed by atoms with E-state index in [9.17, 15) is 18.0 Å². The molecule has 0 spiro atoms. The van der Waals surface area contributed by atoms with Gasteiger partial charge in [0.25, 0.3) is 0 Å².